The molecule has 2 aliphatic heterocycles. The topological polar surface area (TPSA) is 153 Å². The zero-order chi connectivity index (χ0) is 28.8. The van der Waals surface area contributed by atoms with E-state index in [-0.39, 0.29) is 28.7 Å². The molecule has 2 aliphatic rings. The Morgan fingerprint density at radius 1 is 1.05 bits per heavy atom. The van der Waals surface area contributed by atoms with Gasteiger partial charge in [0.05, 0.1) is 21.6 Å². The van der Waals surface area contributed by atoms with E-state index in [1.165, 1.54) is 30.5 Å². The predicted octanol–water partition coefficient (Wildman–Crippen LogP) is 3.96. The molecule has 0 spiro atoms. The maximum atomic E-state index is 13.1. The van der Waals surface area contributed by atoms with Crippen molar-refractivity contribution in [1.29, 1.82) is 0 Å². The average Bonchev–Trinajstić information content (AvgIpc) is 2.98. The van der Waals surface area contributed by atoms with Gasteiger partial charge in [-0.2, -0.15) is 0 Å². The van der Waals surface area contributed by atoms with Gasteiger partial charge in [0.2, 0.25) is 0 Å². The Balaban J connectivity index is 1.27. The summed E-state index contributed by atoms with van der Waals surface area (Å²) in [6.45, 7) is 3.30. The third kappa shape index (κ3) is 6.99. The summed E-state index contributed by atoms with van der Waals surface area (Å²) in [6.07, 6.45) is 6.67. The molecule has 1 amide bonds. The number of nitrogens with one attached hydrogen (secondary N) is 2. The van der Waals surface area contributed by atoms with Gasteiger partial charge in [0.15, 0.2) is 0 Å². The van der Waals surface area contributed by atoms with Crippen LogP contribution in [0.4, 0.5) is 11.4 Å². The number of pyridine rings is 1. The number of benzene rings is 2. The number of piperidine rings is 1. The molecule has 0 aliphatic carbocycles. The van der Waals surface area contributed by atoms with E-state index in [1.807, 2.05) is 4.72 Å². The smallest absolute Gasteiger partial charge is 0.293 e. The fourth-order valence-electron chi connectivity index (χ4n) is 5.14. The highest BCUT2D eigenvalue weighted by atomic mass is 32.2. The molecular formula is C28H31N5O7S. The van der Waals surface area contributed by atoms with Crippen molar-refractivity contribution in [2.75, 3.05) is 31.6 Å². The zero-order valence-electron chi connectivity index (χ0n) is 22.3. The Hall–Kier alpha value is -4.07. The third-order valence-electron chi connectivity index (χ3n) is 7.29. The average molecular weight is 582 g/mol. The number of nitro groups is 1. The number of carbonyl (C=O) groups excluding carboxylic acids is 1. The second-order valence-corrected chi connectivity index (χ2v) is 11.6. The van der Waals surface area contributed by atoms with Crippen molar-refractivity contribution in [3.05, 3.63) is 82.7 Å². The van der Waals surface area contributed by atoms with Gasteiger partial charge in [0.25, 0.3) is 21.6 Å². The summed E-state index contributed by atoms with van der Waals surface area (Å²) in [6, 6.07) is 13.6. The molecule has 0 bridgehead atoms. The molecule has 41 heavy (non-hydrogen) atoms. The van der Waals surface area contributed by atoms with Crippen LogP contribution >= 0.6 is 0 Å². The van der Waals surface area contributed by atoms with Crippen LogP contribution in [0, 0.1) is 10.1 Å². The molecule has 3 heterocycles. The van der Waals surface area contributed by atoms with Crippen LogP contribution in [0.2, 0.25) is 0 Å². The minimum Gasteiger partial charge on any atom is -0.455 e. The molecule has 12 nitrogen and oxygen atoms in total. The van der Waals surface area contributed by atoms with Crippen LogP contribution in [0.25, 0.3) is 0 Å². The normalized spacial score (nSPS) is 17.1. The number of hydrogen-bond donors (Lipinski definition) is 2. The van der Waals surface area contributed by atoms with Crippen molar-refractivity contribution in [2.24, 2.45) is 0 Å². The lowest BCUT2D eigenvalue weighted by molar-refractivity contribution is -0.384. The first-order valence-electron chi connectivity index (χ1n) is 13.4. The van der Waals surface area contributed by atoms with Gasteiger partial charge in [-0.15, -0.1) is 0 Å². The second-order valence-electron chi connectivity index (χ2n) is 9.96. The summed E-state index contributed by atoms with van der Waals surface area (Å²) < 4.78 is 39.4. The molecule has 2 N–H and O–H groups in total. The van der Waals surface area contributed by atoms with Gasteiger partial charge in [0.1, 0.15) is 17.2 Å². The molecule has 3 aromatic rings. The zero-order valence-corrected chi connectivity index (χ0v) is 23.1. The van der Waals surface area contributed by atoms with E-state index >= 15 is 0 Å². The number of sulfonamides is 1. The van der Waals surface area contributed by atoms with Crippen LogP contribution in [0.15, 0.2) is 71.9 Å². The molecule has 2 fully saturated rings. The standard InChI is InChI=1S/C28H31N5O7S/c34-28(24-5-1-2-6-27(24)40-22-4-3-13-29-19-22)31-41(37,38)23-7-8-25(26(18-23)33(35)36)30-20-9-14-32(15-10-20)21-11-16-39-17-12-21/h1-8,13,18-21,30H,9-12,14-17H2,(H,31,34). The maximum Gasteiger partial charge on any atom is 0.293 e. The Morgan fingerprint density at radius 2 is 1.80 bits per heavy atom. The molecule has 2 saturated heterocycles. The minimum atomic E-state index is -4.44. The van der Waals surface area contributed by atoms with Crippen molar-refractivity contribution >= 4 is 27.3 Å². The molecule has 2 aromatic carbocycles. The highest BCUT2D eigenvalue weighted by Crippen LogP contribution is 2.31. The first-order chi connectivity index (χ1) is 19.8. The number of nitrogens with zero attached hydrogens (tertiary/aromatic N) is 3. The third-order valence-corrected chi connectivity index (χ3v) is 8.62. The van der Waals surface area contributed by atoms with Gasteiger partial charge in [-0.25, -0.2) is 13.1 Å². The minimum absolute atomic E-state index is 0.0169. The van der Waals surface area contributed by atoms with Crippen LogP contribution in [0.1, 0.15) is 36.0 Å². The van der Waals surface area contributed by atoms with Crippen LogP contribution in [-0.4, -0.2) is 67.5 Å². The quantitative estimate of drug-likeness (QED) is 0.280. The molecule has 13 heteroatoms. The van der Waals surface area contributed by atoms with E-state index in [9.17, 15) is 23.3 Å². The molecule has 1 aromatic heterocycles. The summed E-state index contributed by atoms with van der Waals surface area (Å²) in [5.41, 5.74) is -0.174. The van der Waals surface area contributed by atoms with E-state index in [4.69, 9.17) is 9.47 Å². The first-order valence-corrected chi connectivity index (χ1v) is 14.9. The molecule has 0 radical (unpaired) electrons. The van der Waals surface area contributed by atoms with Crippen molar-refractivity contribution in [3.63, 3.8) is 0 Å². The van der Waals surface area contributed by atoms with Crippen molar-refractivity contribution in [3.8, 4) is 11.5 Å². The van der Waals surface area contributed by atoms with E-state index in [1.54, 1.807) is 30.5 Å². The Labute approximate surface area is 237 Å². The fourth-order valence-corrected chi connectivity index (χ4v) is 6.13. The van der Waals surface area contributed by atoms with E-state index in [0.29, 0.717) is 11.8 Å². The molecule has 0 atom stereocenters. The summed E-state index contributed by atoms with van der Waals surface area (Å²) in [5, 5.41) is 15.1. The maximum absolute atomic E-state index is 13.1. The number of aromatic nitrogens is 1. The molecule has 0 unspecified atom stereocenters. The lowest BCUT2D eigenvalue weighted by atomic mass is 9.99. The van der Waals surface area contributed by atoms with Crippen molar-refractivity contribution < 1.29 is 27.6 Å². The number of hydrogen-bond acceptors (Lipinski definition) is 10. The highest BCUT2D eigenvalue weighted by molar-refractivity contribution is 7.90. The van der Waals surface area contributed by atoms with E-state index in [2.05, 4.69) is 15.2 Å². The monoisotopic (exact) mass is 581 g/mol. The van der Waals surface area contributed by atoms with Crippen LogP contribution in [0.5, 0.6) is 11.5 Å². The van der Waals surface area contributed by atoms with Gasteiger partial charge in [0, 0.05) is 50.7 Å². The molecule has 0 saturated carbocycles. The van der Waals surface area contributed by atoms with Gasteiger partial charge >= 0.3 is 0 Å². The summed E-state index contributed by atoms with van der Waals surface area (Å²) in [5.74, 6) is -0.448. The number of rotatable bonds is 9. The van der Waals surface area contributed by atoms with Gasteiger partial charge < -0.3 is 19.7 Å². The highest BCUT2D eigenvalue weighted by Gasteiger charge is 2.29. The Bertz CT molecular complexity index is 1490. The Kier molecular flexibility index (Phi) is 8.76. The van der Waals surface area contributed by atoms with Crippen molar-refractivity contribution in [2.45, 2.75) is 42.7 Å². The van der Waals surface area contributed by atoms with Crippen molar-refractivity contribution in [1.82, 2.24) is 14.6 Å². The number of carbonyl (C=O) groups is 1. The van der Waals surface area contributed by atoms with Crippen LogP contribution in [0.3, 0.4) is 0 Å². The number of ether oxygens (including phenoxy) is 2. The molecular weight excluding hydrogens is 550 g/mol. The number of nitro benzene ring substituents is 1. The largest absolute Gasteiger partial charge is 0.455 e. The van der Waals surface area contributed by atoms with Gasteiger partial charge in [-0.3, -0.25) is 19.9 Å². The first kappa shape index (κ1) is 28.5. The molecule has 216 valence electrons. The SMILES string of the molecule is O=C(NS(=O)(=O)c1ccc(NC2CCN(C3CCOCC3)CC2)c([N+](=O)[O-])c1)c1ccccc1Oc1cccnc1. The predicted molar refractivity (Wildman–Crippen MR) is 151 cm³/mol. The van der Waals surface area contributed by atoms with Crippen LogP contribution < -0.4 is 14.8 Å². The lowest BCUT2D eigenvalue weighted by Gasteiger charge is -2.39. The Morgan fingerprint density at radius 3 is 2.51 bits per heavy atom. The number of para-hydroxylation sites is 1. The fraction of sp³-hybridized carbons (Fsp3) is 0.357. The van der Waals surface area contributed by atoms with Crippen LogP contribution in [-0.2, 0) is 14.8 Å². The van der Waals surface area contributed by atoms with Gasteiger partial charge in [-0.05, 0) is 62.1 Å². The summed E-state index contributed by atoms with van der Waals surface area (Å²) in [4.78, 5) is 30.3. The number of amides is 1. The summed E-state index contributed by atoms with van der Waals surface area (Å²) >= 11 is 0. The molecule has 5 rings (SSSR count). The lowest BCUT2D eigenvalue weighted by Crippen LogP contribution is -2.46. The number of anilines is 1. The number of likely N-dealkylation sites (tertiary alicyclic amines) is 1. The second kappa shape index (κ2) is 12.6. The van der Waals surface area contributed by atoms with Gasteiger partial charge in [-0.1, -0.05) is 12.1 Å². The van der Waals surface area contributed by atoms with E-state index < -0.39 is 25.7 Å². The van der Waals surface area contributed by atoms with E-state index in [0.717, 1.165) is 58.1 Å². The summed E-state index contributed by atoms with van der Waals surface area (Å²) in [7, 11) is -4.44.